The van der Waals surface area contributed by atoms with E-state index in [0.29, 0.717) is 6.04 Å². The number of carbonyl (C=O) groups is 1. The summed E-state index contributed by atoms with van der Waals surface area (Å²) in [4.78, 5) is 13.4. The Kier molecular flexibility index (Phi) is 4.96. The van der Waals surface area contributed by atoms with E-state index in [0.717, 1.165) is 44.2 Å². The first-order valence-electron chi connectivity index (χ1n) is 10.4. The van der Waals surface area contributed by atoms with Crippen molar-refractivity contribution in [2.45, 2.75) is 89.8 Å². The fourth-order valence-electron chi connectivity index (χ4n) is 4.58. The van der Waals surface area contributed by atoms with Crippen LogP contribution in [0.4, 0.5) is 4.79 Å². The van der Waals surface area contributed by atoms with Gasteiger partial charge in [0.15, 0.2) is 0 Å². The largest absolute Gasteiger partial charge is 0.494 e. The molecule has 1 amide bonds. The first-order valence-corrected chi connectivity index (χ1v) is 10.4. The van der Waals surface area contributed by atoms with E-state index < -0.39 is 6.09 Å². The van der Waals surface area contributed by atoms with Crippen molar-refractivity contribution in [3.8, 4) is 0 Å². The molecule has 1 aliphatic carbocycles. The van der Waals surface area contributed by atoms with Crippen LogP contribution in [0.5, 0.6) is 0 Å². The molecule has 2 N–H and O–H groups in total. The summed E-state index contributed by atoms with van der Waals surface area (Å²) in [5.41, 5.74) is 3.18. The molecule has 0 bridgehead atoms. The van der Waals surface area contributed by atoms with Crippen molar-refractivity contribution < 1.29 is 19.2 Å². The van der Waals surface area contributed by atoms with Gasteiger partial charge in [-0.1, -0.05) is 18.2 Å². The fourth-order valence-corrected chi connectivity index (χ4v) is 4.58. The van der Waals surface area contributed by atoms with Crippen molar-refractivity contribution in [2.75, 3.05) is 0 Å². The molecule has 152 valence electrons. The molecule has 0 aromatic heterocycles. The zero-order valence-corrected chi connectivity index (χ0v) is 17.3. The summed E-state index contributed by atoms with van der Waals surface area (Å²) in [5, 5.41) is 11.5. The lowest BCUT2D eigenvalue weighted by atomic mass is 9.78. The molecule has 1 saturated carbocycles. The van der Waals surface area contributed by atoms with E-state index >= 15 is 0 Å². The van der Waals surface area contributed by atoms with Gasteiger partial charge in [-0.25, -0.2) is 4.79 Å². The topological polar surface area (TPSA) is 71.0 Å². The highest BCUT2D eigenvalue weighted by Gasteiger charge is 2.51. The van der Waals surface area contributed by atoms with Gasteiger partial charge in [-0.2, -0.15) is 0 Å². The number of benzene rings is 1. The maximum absolute atomic E-state index is 10.8. The lowest BCUT2D eigenvalue weighted by Crippen LogP contribution is -2.42. The molecule has 1 saturated heterocycles. The third-order valence-electron chi connectivity index (χ3n) is 7.04. The van der Waals surface area contributed by atoms with Crippen molar-refractivity contribution >= 4 is 18.7 Å². The summed E-state index contributed by atoms with van der Waals surface area (Å²) in [6.45, 7) is 10.2. The molecule has 0 spiro atoms. The second kappa shape index (κ2) is 7.04. The summed E-state index contributed by atoms with van der Waals surface area (Å²) >= 11 is 0. The van der Waals surface area contributed by atoms with Gasteiger partial charge in [0.25, 0.3) is 0 Å². The first kappa shape index (κ1) is 19.7. The summed E-state index contributed by atoms with van der Waals surface area (Å²) in [5.74, 6) is 0. The van der Waals surface area contributed by atoms with Gasteiger partial charge in [0, 0.05) is 25.2 Å². The molecule has 4 rings (SSSR count). The highest BCUT2D eigenvalue weighted by Crippen LogP contribution is 2.37. The Morgan fingerprint density at radius 2 is 1.68 bits per heavy atom. The molecule has 3 aliphatic rings. The molecule has 0 atom stereocenters. The maximum atomic E-state index is 10.8. The van der Waals surface area contributed by atoms with Crippen molar-refractivity contribution in [3.63, 3.8) is 0 Å². The van der Waals surface area contributed by atoms with Crippen LogP contribution in [-0.4, -0.2) is 46.5 Å². The van der Waals surface area contributed by atoms with Crippen molar-refractivity contribution in [1.29, 1.82) is 0 Å². The standard InChI is InChI=1S/C21H31BN2O4/c1-20(2)21(3,4)28-22(27-20)16-6-5-14-12-24(13-15(14)11-16)18-9-7-17(8-10-18)23-19(25)26/h5-6,11,17-18,23H,7-10,12-13H2,1-4H3,(H,25,26)/t17-,18-. The van der Waals surface area contributed by atoms with Gasteiger partial charge in [0.1, 0.15) is 0 Å². The molecule has 2 fully saturated rings. The monoisotopic (exact) mass is 386 g/mol. The zero-order chi connectivity index (χ0) is 20.1. The summed E-state index contributed by atoms with van der Waals surface area (Å²) < 4.78 is 12.4. The predicted octanol–water partition coefficient (Wildman–Crippen LogP) is 2.88. The lowest BCUT2D eigenvalue weighted by Gasteiger charge is -2.34. The minimum Gasteiger partial charge on any atom is -0.465 e. The van der Waals surface area contributed by atoms with Crippen LogP contribution in [-0.2, 0) is 22.4 Å². The number of rotatable bonds is 3. The van der Waals surface area contributed by atoms with E-state index in [1.165, 1.54) is 11.1 Å². The fraction of sp³-hybridized carbons (Fsp3) is 0.667. The SMILES string of the molecule is CC1(C)OB(c2ccc3c(c2)CN([C@H]2CC[C@H](NC(=O)O)CC2)C3)OC1(C)C. The number of nitrogens with one attached hydrogen (secondary N) is 1. The van der Waals surface area contributed by atoms with Crippen LogP contribution in [0, 0.1) is 0 Å². The Morgan fingerprint density at radius 3 is 2.29 bits per heavy atom. The number of carboxylic acid groups (broad SMARTS) is 1. The lowest BCUT2D eigenvalue weighted by molar-refractivity contribution is 0.00578. The highest BCUT2D eigenvalue weighted by molar-refractivity contribution is 6.62. The quantitative estimate of drug-likeness (QED) is 0.782. The third kappa shape index (κ3) is 3.67. The number of hydrogen-bond donors (Lipinski definition) is 2. The van der Waals surface area contributed by atoms with Crippen LogP contribution in [0.25, 0.3) is 0 Å². The third-order valence-corrected chi connectivity index (χ3v) is 7.04. The van der Waals surface area contributed by atoms with Crippen LogP contribution < -0.4 is 10.8 Å². The van der Waals surface area contributed by atoms with Gasteiger partial charge >= 0.3 is 13.2 Å². The van der Waals surface area contributed by atoms with Gasteiger partial charge in [0.2, 0.25) is 0 Å². The molecule has 0 unspecified atom stereocenters. The predicted molar refractivity (Wildman–Crippen MR) is 109 cm³/mol. The zero-order valence-electron chi connectivity index (χ0n) is 17.3. The smallest absolute Gasteiger partial charge is 0.465 e. The summed E-state index contributed by atoms with van der Waals surface area (Å²) in [6, 6.07) is 7.23. The van der Waals surface area contributed by atoms with E-state index in [2.05, 4.69) is 56.1 Å². The maximum Gasteiger partial charge on any atom is 0.494 e. The molecule has 7 heteroatoms. The van der Waals surface area contributed by atoms with Crippen molar-refractivity contribution in [2.24, 2.45) is 0 Å². The highest BCUT2D eigenvalue weighted by atomic mass is 16.7. The number of amides is 1. The molecular weight excluding hydrogens is 355 g/mol. The van der Waals surface area contributed by atoms with Crippen LogP contribution in [0.3, 0.4) is 0 Å². The van der Waals surface area contributed by atoms with E-state index in [-0.39, 0.29) is 24.4 Å². The van der Waals surface area contributed by atoms with Crippen LogP contribution >= 0.6 is 0 Å². The average molecular weight is 386 g/mol. The van der Waals surface area contributed by atoms with Crippen LogP contribution in [0.1, 0.15) is 64.5 Å². The number of nitrogens with zero attached hydrogens (tertiary/aromatic N) is 1. The second-order valence-electron chi connectivity index (χ2n) is 9.48. The number of fused-ring (bicyclic) bond motifs is 1. The molecular formula is C21H31BN2O4. The normalized spacial score (nSPS) is 28.9. The van der Waals surface area contributed by atoms with E-state index in [1.807, 2.05) is 0 Å². The Hall–Kier alpha value is -1.57. The Balaban J connectivity index is 1.39. The minimum absolute atomic E-state index is 0.105. The average Bonchev–Trinajstić information content (AvgIpc) is 3.12. The van der Waals surface area contributed by atoms with Crippen LogP contribution in [0.15, 0.2) is 18.2 Å². The van der Waals surface area contributed by atoms with Gasteiger partial charge in [-0.15, -0.1) is 0 Å². The van der Waals surface area contributed by atoms with Gasteiger partial charge in [0.05, 0.1) is 11.2 Å². The van der Waals surface area contributed by atoms with Crippen LogP contribution in [0.2, 0.25) is 0 Å². The van der Waals surface area contributed by atoms with Gasteiger partial charge in [-0.05, 0) is 70.0 Å². The van der Waals surface area contributed by atoms with Gasteiger partial charge < -0.3 is 19.7 Å². The molecule has 0 radical (unpaired) electrons. The second-order valence-corrected chi connectivity index (χ2v) is 9.48. The van der Waals surface area contributed by atoms with Gasteiger partial charge in [-0.3, -0.25) is 4.90 Å². The molecule has 28 heavy (non-hydrogen) atoms. The molecule has 1 aromatic carbocycles. The first-order chi connectivity index (χ1) is 13.1. The molecule has 6 nitrogen and oxygen atoms in total. The Bertz CT molecular complexity index is 743. The van der Waals surface area contributed by atoms with E-state index in [9.17, 15) is 4.79 Å². The van der Waals surface area contributed by atoms with Crippen molar-refractivity contribution in [3.05, 3.63) is 29.3 Å². The molecule has 1 aromatic rings. The van der Waals surface area contributed by atoms with E-state index in [1.54, 1.807) is 0 Å². The van der Waals surface area contributed by atoms with Crippen molar-refractivity contribution in [1.82, 2.24) is 10.2 Å². The number of hydrogen-bond acceptors (Lipinski definition) is 4. The van der Waals surface area contributed by atoms with E-state index in [4.69, 9.17) is 14.4 Å². The summed E-state index contributed by atoms with van der Waals surface area (Å²) in [6.07, 6.45) is 3.02. The Morgan fingerprint density at radius 1 is 1.07 bits per heavy atom. The molecule has 2 heterocycles. The Labute approximate surface area is 167 Å². The minimum atomic E-state index is -0.910. The molecule has 2 aliphatic heterocycles. The summed E-state index contributed by atoms with van der Waals surface area (Å²) in [7, 11) is -0.318.